The Morgan fingerprint density at radius 2 is 2.14 bits per heavy atom. The number of nitrogens with zero attached hydrogens (tertiary/aromatic N) is 2. The number of hydrogen-bond acceptors (Lipinski definition) is 3. The third kappa shape index (κ3) is 2.25. The SMILES string of the molecule is COc1cc(C2CC2)c(-c2cc3[nH]nc(I)c3cn2)cc1F. The molecule has 1 aliphatic rings. The lowest BCUT2D eigenvalue weighted by Gasteiger charge is -2.11. The van der Waals surface area contributed by atoms with Crippen LogP contribution in [0.1, 0.15) is 24.3 Å². The van der Waals surface area contributed by atoms with Gasteiger partial charge in [0.2, 0.25) is 0 Å². The summed E-state index contributed by atoms with van der Waals surface area (Å²) in [5.74, 6) is 0.412. The minimum absolute atomic E-state index is 0.294. The molecule has 22 heavy (non-hydrogen) atoms. The van der Waals surface area contributed by atoms with Crippen LogP contribution < -0.4 is 4.74 Å². The number of aromatic amines is 1. The number of ether oxygens (including phenoxy) is 1. The van der Waals surface area contributed by atoms with Crippen LogP contribution in [0, 0.1) is 9.52 Å². The van der Waals surface area contributed by atoms with Crippen LogP contribution >= 0.6 is 22.6 Å². The van der Waals surface area contributed by atoms with Crippen LogP contribution in [-0.4, -0.2) is 22.3 Å². The van der Waals surface area contributed by atoms with E-state index in [-0.39, 0.29) is 5.82 Å². The van der Waals surface area contributed by atoms with Gasteiger partial charge in [0.25, 0.3) is 0 Å². The van der Waals surface area contributed by atoms with Crippen molar-refractivity contribution in [3.05, 3.63) is 39.5 Å². The highest BCUT2D eigenvalue weighted by Crippen LogP contribution is 2.46. The molecule has 0 saturated heterocycles. The molecule has 1 aromatic carbocycles. The lowest BCUT2D eigenvalue weighted by molar-refractivity contribution is 0.386. The first-order valence-electron chi connectivity index (χ1n) is 7.05. The van der Waals surface area contributed by atoms with E-state index in [2.05, 4.69) is 37.8 Å². The van der Waals surface area contributed by atoms with Gasteiger partial charge in [0.05, 0.1) is 23.7 Å². The zero-order chi connectivity index (χ0) is 15.3. The highest BCUT2D eigenvalue weighted by molar-refractivity contribution is 14.1. The summed E-state index contributed by atoms with van der Waals surface area (Å²) in [6.45, 7) is 0. The van der Waals surface area contributed by atoms with Crippen LogP contribution in [0.3, 0.4) is 0 Å². The van der Waals surface area contributed by atoms with Crippen molar-refractivity contribution in [2.45, 2.75) is 18.8 Å². The number of methoxy groups -OCH3 is 1. The fourth-order valence-electron chi connectivity index (χ4n) is 2.71. The smallest absolute Gasteiger partial charge is 0.165 e. The molecule has 0 radical (unpaired) electrons. The Bertz CT molecular complexity index is 873. The first-order valence-corrected chi connectivity index (χ1v) is 8.12. The van der Waals surface area contributed by atoms with Gasteiger partial charge in [0.15, 0.2) is 11.6 Å². The molecule has 2 heterocycles. The highest BCUT2D eigenvalue weighted by Gasteiger charge is 2.28. The van der Waals surface area contributed by atoms with Gasteiger partial charge in [0, 0.05) is 11.8 Å². The third-order valence-corrected chi connectivity index (χ3v) is 4.84. The fourth-order valence-corrected chi connectivity index (χ4v) is 3.26. The van der Waals surface area contributed by atoms with Gasteiger partial charge in [-0.1, -0.05) is 0 Å². The molecule has 3 aromatic rings. The summed E-state index contributed by atoms with van der Waals surface area (Å²) in [6, 6.07) is 5.27. The number of H-pyrrole nitrogens is 1. The minimum Gasteiger partial charge on any atom is -0.494 e. The summed E-state index contributed by atoms with van der Waals surface area (Å²) in [4.78, 5) is 4.51. The molecule has 1 saturated carbocycles. The van der Waals surface area contributed by atoms with E-state index in [1.54, 1.807) is 6.20 Å². The maximum atomic E-state index is 14.1. The van der Waals surface area contributed by atoms with Crippen LogP contribution in [-0.2, 0) is 0 Å². The van der Waals surface area contributed by atoms with Crippen LogP contribution in [0.5, 0.6) is 5.75 Å². The predicted octanol–water partition coefficient (Wildman–Crippen LogP) is 4.25. The van der Waals surface area contributed by atoms with E-state index in [9.17, 15) is 4.39 Å². The molecular formula is C16H13FIN3O. The number of rotatable bonds is 3. The van der Waals surface area contributed by atoms with Crippen LogP contribution in [0.15, 0.2) is 24.4 Å². The Kier molecular flexibility index (Phi) is 3.28. The Hall–Kier alpha value is -1.70. The van der Waals surface area contributed by atoms with Crippen molar-refractivity contribution in [1.82, 2.24) is 15.2 Å². The van der Waals surface area contributed by atoms with Crippen LogP contribution in [0.25, 0.3) is 22.2 Å². The molecule has 112 valence electrons. The first kappa shape index (κ1) is 13.9. The number of pyridine rings is 1. The monoisotopic (exact) mass is 409 g/mol. The van der Waals surface area contributed by atoms with Gasteiger partial charge < -0.3 is 4.74 Å². The highest BCUT2D eigenvalue weighted by atomic mass is 127. The molecule has 2 aromatic heterocycles. The van der Waals surface area contributed by atoms with E-state index in [0.717, 1.165) is 44.3 Å². The molecule has 4 nitrogen and oxygen atoms in total. The van der Waals surface area contributed by atoms with Crippen molar-refractivity contribution in [1.29, 1.82) is 0 Å². The number of aromatic nitrogens is 3. The van der Waals surface area contributed by atoms with Crippen molar-refractivity contribution < 1.29 is 9.13 Å². The predicted molar refractivity (Wildman–Crippen MR) is 90.5 cm³/mol. The van der Waals surface area contributed by atoms with Crippen molar-refractivity contribution >= 4 is 33.5 Å². The number of nitrogens with one attached hydrogen (secondary N) is 1. The summed E-state index contributed by atoms with van der Waals surface area (Å²) in [6.07, 6.45) is 4.05. The largest absolute Gasteiger partial charge is 0.494 e. The Morgan fingerprint density at radius 1 is 1.32 bits per heavy atom. The van der Waals surface area contributed by atoms with E-state index in [1.807, 2.05) is 12.1 Å². The van der Waals surface area contributed by atoms with Gasteiger partial charge in [-0.2, -0.15) is 5.10 Å². The van der Waals surface area contributed by atoms with Gasteiger partial charge in [-0.3, -0.25) is 10.1 Å². The first-order chi connectivity index (χ1) is 10.7. The van der Waals surface area contributed by atoms with E-state index in [4.69, 9.17) is 4.74 Å². The minimum atomic E-state index is -0.358. The molecule has 1 fully saturated rings. The molecule has 6 heteroatoms. The number of halogens is 2. The number of benzene rings is 1. The molecule has 0 atom stereocenters. The summed E-state index contributed by atoms with van der Waals surface area (Å²) in [5.41, 5.74) is 3.62. The molecule has 0 unspecified atom stereocenters. The second-order valence-corrected chi connectivity index (χ2v) is 6.50. The molecule has 0 bridgehead atoms. The average molecular weight is 409 g/mol. The molecule has 0 amide bonds. The van der Waals surface area contributed by atoms with Gasteiger partial charge >= 0.3 is 0 Å². The second kappa shape index (κ2) is 5.19. The molecule has 0 aliphatic heterocycles. The molecular weight excluding hydrogens is 396 g/mol. The van der Waals surface area contributed by atoms with Crippen LogP contribution in [0.2, 0.25) is 0 Å². The normalized spacial score (nSPS) is 14.5. The van der Waals surface area contributed by atoms with Crippen molar-refractivity contribution in [3.8, 4) is 17.0 Å². The van der Waals surface area contributed by atoms with Crippen molar-refractivity contribution in [2.24, 2.45) is 0 Å². The topological polar surface area (TPSA) is 50.8 Å². The summed E-state index contributed by atoms with van der Waals surface area (Å²) < 4.78 is 20.1. The average Bonchev–Trinajstić information content (AvgIpc) is 3.31. The van der Waals surface area contributed by atoms with Gasteiger partial charge in [-0.15, -0.1) is 0 Å². The maximum absolute atomic E-state index is 14.1. The van der Waals surface area contributed by atoms with E-state index in [1.165, 1.54) is 13.2 Å². The van der Waals surface area contributed by atoms with E-state index >= 15 is 0 Å². The maximum Gasteiger partial charge on any atom is 0.165 e. The van der Waals surface area contributed by atoms with Crippen molar-refractivity contribution in [2.75, 3.05) is 7.11 Å². The molecule has 1 aliphatic carbocycles. The molecule has 4 rings (SSSR count). The molecule has 0 spiro atoms. The molecule has 1 N–H and O–H groups in total. The van der Waals surface area contributed by atoms with Gasteiger partial charge in [-0.25, -0.2) is 4.39 Å². The fraction of sp³-hybridized carbons (Fsp3) is 0.250. The Balaban J connectivity index is 1.90. The quantitative estimate of drug-likeness (QED) is 0.658. The van der Waals surface area contributed by atoms with E-state index < -0.39 is 0 Å². The Morgan fingerprint density at radius 3 is 2.86 bits per heavy atom. The summed E-state index contributed by atoms with van der Waals surface area (Å²) >= 11 is 2.16. The number of fused-ring (bicyclic) bond motifs is 1. The summed E-state index contributed by atoms with van der Waals surface area (Å²) in [7, 11) is 1.49. The van der Waals surface area contributed by atoms with Gasteiger partial charge in [0.1, 0.15) is 3.70 Å². The number of hydrogen-bond donors (Lipinski definition) is 1. The second-order valence-electron chi connectivity index (χ2n) is 5.48. The van der Waals surface area contributed by atoms with Gasteiger partial charge in [-0.05, 0) is 65.1 Å². The standard InChI is InChI=1S/C16H13FIN3O/c1-22-15-5-9(8-2-3-8)10(4-12(15)17)13-6-14-11(7-19-13)16(18)21-20-14/h4-8H,2-3H2,1H3,(H,20,21). The Labute approximate surface area is 140 Å². The summed E-state index contributed by atoms with van der Waals surface area (Å²) in [5, 5.41) is 8.13. The van der Waals surface area contributed by atoms with Crippen LogP contribution in [0.4, 0.5) is 4.39 Å². The lowest BCUT2D eigenvalue weighted by Crippen LogP contribution is -1.96. The lowest BCUT2D eigenvalue weighted by atomic mass is 9.99. The zero-order valence-electron chi connectivity index (χ0n) is 11.9. The third-order valence-electron chi connectivity index (χ3n) is 4.02. The van der Waals surface area contributed by atoms with E-state index in [0.29, 0.717) is 11.7 Å². The zero-order valence-corrected chi connectivity index (χ0v) is 14.0. The van der Waals surface area contributed by atoms with Crippen molar-refractivity contribution in [3.63, 3.8) is 0 Å².